The number of rotatable bonds is 5. The third kappa shape index (κ3) is 4.28. The standard InChI is InChI=1S/C25H26N4O2/c1-15-10-18(4)25-20(11-15)17(3)12-22(27-25)29-23(13-19(5)28-29)26-24(30)14-31-21-9-7-6-8-16(21)2/h6-13H,14H2,1-5H3,(H,26,30). The lowest BCUT2D eigenvalue weighted by Crippen LogP contribution is -2.22. The Morgan fingerprint density at radius 2 is 1.74 bits per heavy atom. The van der Waals surface area contributed by atoms with E-state index in [9.17, 15) is 4.79 Å². The maximum Gasteiger partial charge on any atom is 0.263 e. The molecule has 1 N–H and O–H groups in total. The number of ether oxygens (including phenoxy) is 1. The van der Waals surface area contributed by atoms with Crippen LogP contribution in [0, 0.1) is 34.6 Å². The van der Waals surface area contributed by atoms with Crippen LogP contribution in [-0.2, 0) is 4.79 Å². The Bertz CT molecular complexity index is 1290. The number of aryl methyl sites for hydroxylation is 5. The molecule has 0 atom stereocenters. The van der Waals surface area contributed by atoms with Crippen molar-refractivity contribution in [1.82, 2.24) is 14.8 Å². The molecule has 0 aliphatic rings. The monoisotopic (exact) mass is 414 g/mol. The maximum absolute atomic E-state index is 12.6. The molecule has 0 unspecified atom stereocenters. The molecule has 2 aromatic carbocycles. The Balaban J connectivity index is 1.62. The molecule has 0 radical (unpaired) electrons. The van der Waals surface area contributed by atoms with Gasteiger partial charge in [-0.25, -0.2) is 4.98 Å². The Morgan fingerprint density at radius 3 is 2.52 bits per heavy atom. The molecule has 31 heavy (non-hydrogen) atoms. The average Bonchev–Trinajstić information content (AvgIpc) is 3.08. The fraction of sp³-hybridized carbons (Fsp3) is 0.240. The second-order valence-electron chi connectivity index (χ2n) is 7.96. The number of aromatic nitrogens is 3. The molecule has 6 heteroatoms. The van der Waals surface area contributed by atoms with E-state index < -0.39 is 0 Å². The van der Waals surface area contributed by atoms with Gasteiger partial charge < -0.3 is 10.1 Å². The van der Waals surface area contributed by atoms with Crippen LogP contribution in [-0.4, -0.2) is 27.3 Å². The third-order valence-corrected chi connectivity index (χ3v) is 5.21. The number of fused-ring (bicyclic) bond motifs is 1. The minimum Gasteiger partial charge on any atom is -0.483 e. The molecule has 0 spiro atoms. The van der Waals surface area contributed by atoms with Gasteiger partial charge in [-0.05, 0) is 69.5 Å². The normalized spacial score (nSPS) is 11.0. The molecule has 1 amide bonds. The van der Waals surface area contributed by atoms with Gasteiger partial charge >= 0.3 is 0 Å². The summed E-state index contributed by atoms with van der Waals surface area (Å²) in [7, 11) is 0. The second-order valence-corrected chi connectivity index (χ2v) is 7.96. The van der Waals surface area contributed by atoms with Crippen LogP contribution in [0.5, 0.6) is 5.75 Å². The quantitative estimate of drug-likeness (QED) is 0.500. The number of pyridine rings is 1. The van der Waals surface area contributed by atoms with Gasteiger partial charge in [0.25, 0.3) is 5.91 Å². The topological polar surface area (TPSA) is 69.0 Å². The van der Waals surface area contributed by atoms with E-state index in [1.165, 1.54) is 5.56 Å². The number of nitrogens with zero attached hydrogens (tertiary/aromatic N) is 3. The Hall–Kier alpha value is -3.67. The molecule has 2 heterocycles. The molecule has 0 aliphatic carbocycles. The van der Waals surface area contributed by atoms with E-state index in [0.717, 1.165) is 33.3 Å². The van der Waals surface area contributed by atoms with E-state index in [-0.39, 0.29) is 12.5 Å². The first kappa shape index (κ1) is 20.6. The van der Waals surface area contributed by atoms with E-state index in [1.807, 2.05) is 50.2 Å². The lowest BCUT2D eigenvalue weighted by Gasteiger charge is -2.13. The molecule has 4 rings (SSSR count). The molecule has 6 nitrogen and oxygen atoms in total. The van der Waals surface area contributed by atoms with Crippen LogP contribution in [0.1, 0.15) is 27.9 Å². The lowest BCUT2D eigenvalue weighted by molar-refractivity contribution is -0.118. The van der Waals surface area contributed by atoms with Gasteiger partial charge in [-0.2, -0.15) is 9.78 Å². The van der Waals surface area contributed by atoms with Crippen molar-refractivity contribution in [2.75, 3.05) is 11.9 Å². The summed E-state index contributed by atoms with van der Waals surface area (Å²) in [5.41, 5.74) is 6.14. The molecule has 0 bridgehead atoms. The minimum atomic E-state index is -0.256. The average molecular weight is 415 g/mol. The van der Waals surface area contributed by atoms with E-state index in [2.05, 4.69) is 43.3 Å². The summed E-state index contributed by atoms with van der Waals surface area (Å²) in [5.74, 6) is 1.67. The van der Waals surface area contributed by atoms with E-state index in [0.29, 0.717) is 17.4 Å². The minimum absolute atomic E-state index is 0.0857. The van der Waals surface area contributed by atoms with Crippen LogP contribution in [0.3, 0.4) is 0 Å². The molecule has 2 aromatic heterocycles. The number of hydrogen-bond acceptors (Lipinski definition) is 4. The lowest BCUT2D eigenvalue weighted by atomic mass is 10.0. The van der Waals surface area contributed by atoms with Crippen molar-refractivity contribution < 1.29 is 9.53 Å². The van der Waals surface area contributed by atoms with Crippen molar-refractivity contribution in [1.29, 1.82) is 0 Å². The van der Waals surface area contributed by atoms with Gasteiger partial charge in [0.05, 0.1) is 11.2 Å². The smallest absolute Gasteiger partial charge is 0.263 e. The van der Waals surface area contributed by atoms with Crippen molar-refractivity contribution in [2.45, 2.75) is 34.6 Å². The van der Waals surface area contributed by atoms with Crippen LogP contribution >= 0.6 is 0 Å². The molecular weight excluding hydrogens is 388 g/mol. The molecule has 0 fully saturated rings. The summed E-state index contributed by atoms with van der Waals surface area (Å²) in [6.07, 6.45) is 0. The summed E-state index contributed by atoms with van der Waals surface area (Å²) >= 11 is 0. The summed E-state index contributed by atoms with van der Waals surface area (Å²) in [6.45, 7) is 9.96. The highest BCUT2D eigenvalue weighted by molar-refractivity contribution is 5.91. The number of carbonyl (C=O) groups is 1. The number of nitrogens with one attached hydrogen (secondary N) is 1. The van der Waals surface area contributed by atoms with Gasteiger partial charge in [-0.1, -0.05) is 29.8 Å². The predicted molar refractivity (Wildman–Crippen MR) is 123 cm³/mol. The first-order valence-corrected chi connectivity index (χ1v) is 10.3. The predicted octanol–water partition coefficient (Wildman–Crippen LogP) is 4.98. The highest BCUT2D eigenvalue weighted by atomic mass is 16.5. The zero-order valence-corrected chi connectivity index (χ0v) is 18.5. The summed E-state index contributed by atoms with van der Waals surface area (Å²) in [5, 5.41) is 8.59. The van der Waals surface area contributed by atoms with Crippen LogP contribution in [0.25, 0.3) is 16.7 Å². The SMILES string of the molecule is Cc1cc(C)c2nc(-n3nc(C)cc3NC(=O)COc3ccccc3C)cc(C)c2c1. The van der Waals surface area contributed by atoms with Gasteiger partial charge in [0.15, 0.2) is 12.4 Å². The number of hydrogen-bond donors (Lipinski definition) is 1. The summed E-state index contributed by atoms with van der Waals surface area (Å²) in [4.78, 5) is 17.4. The summed E-state index contributed by atoms with van der Waals surface area (Å²) < 4.78 is 7.34. The number of para-hydroxylation sites is 1. The van der Waals surface area contributed by atoms with Crippen molar-refractivity contribution >= 4 is 22.6 Å². The number of carbonyl (C=O) groups excluding carboxylic acids is 1. The van der Waals surface area contributed by atoms with Crippen molar-refractivity contribution in [2.24, 2.45) is 0 Å². The van der Waals surface area contributed by atoms with Gasteiger partial charge in [0.2, 0.25) is 0 Å². The zero-order valence-electron chi connectivity index (χ0n) is 18.5. The zero-order chi connectivity index (χ0) is 22.1. The fourth-order valence-corrected chi connectivity index (χ4v) is 3.74. The van der Waals surface area contributed by atoms with Crippen LogP contribution in [0.2, 0.25) is 0 Å². The largest absolute Gasteiger partial charge is 0.483 e. The first-order chi connectivity index (χ1) is 14.8. The van der Waals surface area contributed by atoms with E-state index in [4.69, 9.17) is 9.72 Å². The van der Waals surface area contributed by atoms with Crippen LogP contribution in [0.4, 0.5) is 5.82 Å². The van der Waals surface area contributed by atoms with Gasteiger partial charge in [0.1, 0.15) is 11.6 Å². The molecule has 0 saturated carbocycles. The van der Waals surface area contributed by atoms with E-state index in [1.54, 1.807) is 4.68 Å². The van der Waals surface area contributed by atoms with Gasteiger partial charge in [-0.15, -0.1) is 0 Å². The van der Waals surface area contributed by atoms with E-state index >= 15 is 0 Å². The van der Waals surface area contributed by atoms with Crippen LogP contribution in [0.15, 0.2) is 48.5 Å². The number of benzene rings is 2. The van der Waals surface area contributed by atoms with Crippen LogP contribution < -0.4 is 10.1 Å². The maximum atomic E-state index is 12.6. The molecule has 4 aromatic rings. The molecular formula is C25H26N4O2. The fourth-order valence-electron chi connectivity index (χ4n) is 3.74. The Labute approximate surface area is 181 Å². The second kappa shape index (κ2) is 8.22. The Morgan fingerprint density at radius 1 is 0.968 bits per heavy atom. The highest BCUT2D eigenvalue weighted by Crippen LogP contribution is 2.26. The molecule has 0 aliphatic heterocycles. The van der Waals surface area contributed by atoms with Gasteiger partial charge in [-0.3, -0.25) is 4.79 Å². The van der Waals surface area contributed by atoms with Crippen molar-refractivity contribution in [3.05, 3.63) is 76.5 Å². The number of amides is 1. The van der Waals surface area contributed by atoms with Crippen molar-refractivity contribution in [3.8, 4) is 11.6 Å². The highest BCUT2D eigenvalue weighted by Gasteiger charge is 2.15. The molecule has 0 saturated heterocycles. The third-order valence-electron chi connectivity index (χ3n) is 5.21. The van der Waals surface area contributed by atoms with Crippen molar-refractivity contribution in [3.63, 3.8) is 0 Å². The first-order valence-electron chi connectivity index (χ1n) is 10.3. The summed E-state index contributed by atoms with van der Waals surface area (Å²) in [6, 6.07) is 15.7. The molecule has 158 valence electrons. The number of anilines is 1. The van der Waals surface area contributed by atoms with Gasteiger partial charge in [0, 0.05) is 11.5 Å². The Kier molecular flexibility index (Phi) is 5.46.